The summed E-state index contributed by atoms with van der Waals surface area (Å²) in [4.78, 5) is 31.8. The van der Waals surface area contributed by atoms with Crippen LogP contribution in [0.25, 0.3) is 6.08 Å². The number of esters is 1. The zero-order valence-electron chi connectivity index (χ0n) is 25.3. The zero-order valence-corrected chi connectivity index (χ0v) is 29.2. The average Bonchev–Trinajstić information content (AvgIpc) is 3.36. The lowest BCUT2D eigenvalue weighted by molar-refractivity contribution is -0.136. The molecular formula is C33H29BrCl2N2O7S. The number of benzene rings is 3. The van der Waals surface area contributed by atoms with E-state index in [-0.39, 0.29) is 17.7 Å². The molecule has 1 aromatic heterocycles. The van der Waals surface area contributed by atoms with Crippen molar-refractivity contribution in [2.75, 3.05) is 27.4 Å². The summed E-state index contributed by atoms with van der Waals surface area (Å²) in [5.74, 6) is 1.41. The molecule has 0 unspecified atom stereocenters. The number of carbonyl (C=O) groups is 1. The Hall–Kier alpha value is -3.77. The smallest absolute Gasteiger partial charge is 0.337 e. The van der Waals surface area contributed by atoms with Gasteiger partial charge >= 0.3 is 5.97 Å². The highest BCUT2D eigenvalue weighted by Gasteiger charge is 2.31. The van der Waals surface area contributed by atoms with Crippen LogP contribution in [0.15, 0.2) is 74.6 Å². The summed E-state index contributed by atoms with van der Waals surface area (Å²) in [6.45, 7) is 4.83. The van der Waals surface area contributed by atoms with Crippen molar-refractivity contribution in [1.29, 1.82) is 0 Å². The van der Waals surface area contributed by atoms with Gasteiger partial charge in [-0.3, -0.25) is 9.36 Å². The second kappa shape index (κ2) is 14.8. The zero-order chi connectivity index (χ0) is 33.0. The van der Waals surface area contributed by atoms with Crippen LogP contribution in [0.4, 0.5) is 0 Å². The molecule has 1 atom stereocenters. The Morgan fingerprint density at radius 2 is 1.74 bits per heavy atom. The number of ether oxygens (including phenoxy) is 5. The van der Waals surface area contributed by atoms with Crippen molar-refractivity contribution >= 4 is 62.5 Å². The Labute approximate surface area is 287 Å². The maximum Gasteiger partial charge on any atom is 0.337 e. The standard InChI is InChI=1S/C33H29BrCl2N2O7S/c1-5-43-25-10-8-20(15-26(25)44-6-2)29-21(32(40)42-4)16-37-33-38(29)31(39)28(46-33)14-19-11-22(34)30(27(13-19)41-3)45-17-18-7-9-23(35)24(36)12-18/h7-16,29H,5-6,17H2,1-4H3/b28-14-/t29-/m0/s1. The van der Waals surface area contributed by atoms with Crippen LogP contribution in [0.1, 0.15) is 36.6 Å². The molecular weight excluding hydrogens is 719 g/mol. The minimum atomic E-state index is -0.806. The predicted octanol–water partition coefficient (Wildman–Crippen LogP) is 6.47. The van der Waals surface area contributed by atoms with Crippen molar-refractivity contribution in [3.05, 3.63) is 111 Å². The second-order valence-corrected chi connectivity index (χ2v) is 12.5. The van der Waals surface area contributed by atoms with Crippen LogP contribution < -0.4 is 33.8 Å². The van der Waals surface area contributed by atoms with E-state index in [1.807, 2.05) is 26.0 Å². The minimum Gasteiger partial charge on any atom is -0.493 e. The van der Waals surface area contributed by atoms with Gasteiger partial charge in [-0.05, 0) is 88.9 Å². The summed E-state index contributed by atoms with van der Waals surface area (Å²) < 4.78 is 30.8. The van der Waals surface area contributed by atoms with Gasteiger partial charge in [0, 0.05) is 6.20 Å². The number of nitrogens with zero attached hydrogens (tertiary/aromatic N) is 2. The summed E-state index contributed by atoms with van der Waals surface area (Å²) in [6.07, 6.45) is 3.19. The van der Waals surface area contributed by atoms with E-state index in [4.69, 9.17) is 46.9 Å². The Kier molecular flexibility index (Phi) is 10.8. The third kappa shape index (κ3) is 6.97. The van der Waals surface area contributed by atoms with E-state index in [0.29, 0.717) is 71.2 Å². The lowest BCUT2D eigenvalue weighted by Gasteiger charge is -2.23. The molecule has 2 heterocycles. The lowest BCUT2D eigenvalue weighted by atomic mass is 9.97. The van der Waals surface area contributed by atoms with Crippen molar-refractivity contribution in [3.63, 3.8) is 0 Å². The number of carbonyl (C=O) groups excluding carboxylic acids is 1. The largest absolute Gasteiger partial charge is 0.493 e. The molecule has 0 bridgehead atoms. The molecule has 240 valence electrons. The second-order valence-electron chi connectivity index (χ2n) is 9.82. The van der Waals surface area contributed by atoms with Crippen LogP contribution in [-0.2, 0) is 16.1 Å². The van der Waals surface area contributed by atoms with Gasteiger partial charge in [0.2, 0.25) is 0 Å². The first-order chi connectivity index (χ1) is 22.2. The molecule has 0 aliphatic carbocycles. The average molecular weight is 748 g/mol. The van der Waals surface area contributed by atoms with E-state index in [0.717, 1.165) is 5.56 Å². The van der Waals surface area contributed by atoms with E-state index in [9.17, 15) is 9.59 Å². The van der Waals surface area contributed by atoms with Gasteiger partial charge in [0.15, 0.2) is 27.8 Å². The monoisotopic (exact) mass is 746 g/mol. The summed E-state index contributed by atoms with van der Waals surface area (Å²) in [7, 11) is 2.82. The molecule has 4 aromatic rings. The summed E-state index contributed by atoms with van der Waals surface area (Å²) in [5.41, 5.74) is 2.03. The van der Waals surface area contributed by atoms with Crippen LogP contribution >= 0.6 is 50.5 Å². The fraction of sp³-hybridized carbons (Fsp3) is 0.242. The number of rotatable bonds is 11. The fourth-order valence-electron chi connectivity index (χ4n) is 4.89. The Morgan fingerprint density at radius 1 is 0.978 bits per heavy atom. The molecule has 0 fully saturated rings. The van der Waals surface area contributed by atoms with Crippen molar-refractivity contribution in [3.8, 4) is 23.0 Å². The number of thiazole rings is 1. The number of fused-ring (bicyclic) bond motifs is 1. The molecule has 0 spiro atoms. The van der Waals surface area contributed by atoms with E-state index < -0.39 is 12.0 Å². The van der Waals surface area contributed by atoms with Gasteiger partial charge in [0.25, 0.3) is 5.56 Å². The number of halogens is 3. The van der Waals surface area contributed by atoms with Gasteiger partial charge in [-0.25, -0.2) is 9.79 Å². The first-order valence-corrected chi connectivity index (χ1v) is 16.5. The van der Waals surface area contributed by atoms with Crippen molar-refractivity contribution < 1.29 is 28.5 Å². The third-order valence-electron chi connectivity index (χ3n) is 6.92. The van der Waals surface area contributed by atoms with Crippen LogP contribution in [0.2, 0.25) is 10.0 Å². The molecule has 0 saturated heterocycles. The normalized spacial score (nSPS) is 14.2. The molecule has 5 rings (SSSR count). The topological polar surface area (TPSA) is 97.6 Å². The molecule has 13 heteroatoms. The van der Waals surface area contributed by atoms with Crippen molar-refractivity contribution in [2.24, 2.45) is 4.99 Å². The minimum absolute atomic E-state index is 0.209. The highest BCUT2D eigenvalue weighted by molar-refractivity contribution is 9.10. The van der Waals surface area contributed by atoms with E-state index in [1.165, 1.54) is 36.3 Å². The molecule has 9 nitrogen and oxygen atoms in total. The summed E-state index contributed by atoms with van der Waals surface area (Å²) in [6, 6.07) is 13.4. The van der Waals surface area contributed by atoms with Gasteiger partial charge in [-0.1, -0.05) is 46.7 Å². The highest BCUT2D eigenvalue weighted by atomic mass is 79.9. The van der Waals surface area contributed by atoms with Gasteiger partial charge in [-0.15, -0.1) is 0 Å². The third-order valence-corrected chi connectivity index (χ3v) is 9.25. The first kappa shape index (κ1) is 33.6. The SMILES string of the molecule is CCOc1ccc([C@H]2C(C(=O)OC)=CN=c3s/c(=C\c4cc(Br)c(OCc5ccc(Cl)c(Cl)c5)c(OC)c4)c(=O)n32)cc1OCC. The molecule has 46 heavy (non-hydrogen) atoms. The number of methoxy groups -OCH3 is 2. The Bertz CT molecular complexity index is 2010. The molecule has 1 aliphatic rings. The molecule has 0 radical (unpaired) electrons. The van der Waals surface area contributed by atoms with Crippen LogP contribution in [-0.4, -0.2) is 38.0 Å². The number of hydrogen-bond acceptors (Lipinski definition) is 9. The van der Waals surface area contributed by atoms with E-state index in [1.54, 1.807) is 42.5 Å². The molecule has 0 N–H and O–H groups in total. The molecule has 0 amide bonds. The molecule has 1 aliphatic heterocycles. The van der Waals surface area contributed by atoms with Crippen molar-refractivity contribution in [1.82, 2.24) is 4.57 Å². The Balaban J connectivity index is 1.55. The van der Waals surface area contributed by atoms with E-state index in [2.05, 4.69) is 20.9 Å². The summed E-state index contributed by atoms with van der Waals surface area (Å²) >= 11 is 17.0. The maximum atomic E-state index is 14.0. The van der Waals surface area contributed by atoms with Gasteiger partial charge in [-0.2, -0.15) is 0 Å². The molecule has 0 saturated carbocycles. The highest BCUT2D eigenvalue weighted by Crippen LogP contribution is 2.38. The fourth-order valence-corrected chi connectivity index (χ4v) is 6.75. The van der Waals surface area contributed by atoms with E-state index >= 15 is 0 Å². The lowest BCUT2D eigenvalue weighted by Crippen LogP contribution is -2.39. The quantitative estimate of drug-likeness (QED) is 0.162. The maximum absolute atomic E-state index is 14.0. The Morgan fingerprint density at radius 3 is 2.43 bits per heavy atom. The van der Waals surface area contributed by atoms with Crippen molar-refractivity contribution in [2.45, 2.75) is 26.5 Å². The summed E-state index contributed by atoms with van der Waals surface area (Å²) in [5, 5.41) is 0.894. The predicted molar refractivity (Wildman–Crippen MR) is 181 cm³/mol. The van der Waals surface area contributed by atoms with Crippen LogP contribution in [0, 0.1) is 0 Å². The van der Waals surface area contributed by atoms with Gasteiger partial charge < -0.3 is 23.7 Å². The van der Waals surface area contributed by atoms with Gasteiger partial charge in [0.05, 0.1) is 58.1 Å². The number of hydrogen-bond donors (Lipinski definition) is 0. The van der Waals surface area contributed by atoms with Crippen LogP contribution in [0.5, 0.6) is 23.0 Å². The molecule has 3 aromatic carbocycles. The van der Waals surface area contributed by atoms with Crippen LogP contribution in [0.3, 0.4) is 0 Å². The first-order valence-electron chi connectivity index (χ1n) is 14.1. The number of aromatic nitrogens is 1. The van der Waals surface area contributed by atoms with Gasteiger partial charge in [0.1, 0.15) is 6.61 Å².